The van der Waals surface area contributed by atoms with Crippen LogP contribution in [0.2, 0.25) is 5.02 Å². The highest BCUT2D eigenvalue weighted by molar-refractivity contribution is 8.17. The molecule has 2 N–H and O–H groups in total. The fourth-order valence-electron chi connectivity index (χ4n) is 2.28. The van der Waals surface area contributed by atoms with E-state index in [1.807, 2.05) is 6.92 Å². The standard InChI is InChI=1S/C20H19ClN2O5S/c1-12(7-13-8-16(21)18(25)17(9-13)28-3)29-20(23(2)11-24)22-15-6-4-5-14(10-15)19(26)27/h4-11,25H,1-3H3,(H,26,27)/b12-7-,22-20?. The molecule has 152 valence electrons. The molecule has 1 amide bonds. The number of phenols is 1. The van der Waals surface area contributed by atoms with E-state index in [4.69, 9.17) is 21.4 Å². The molecule has 0 fully saturated rings. The number of aromatic hydroxyl groups is 1. The number of carbonyl (C=O) groups is 2. The van der Waals surface area contributed by atoms with Crippen LogP contribution < -0.4 is 4.74 Å². The predicted octanol–water partition coefficient (Wildman–Crippen LogP) is 4.62. The summed E-state index contributed by atoms with van der Waals surface area (Å²) in [6.45, 7) is 1.82. The second-order valence-electron chi connectivity index (χ2n) is 5.88. The van der Waals surface area contributed by atoms with E-state index in [9.17, 15) is 14.7 Å². The number of phenolic OH excluding ortho intramolecular Hbond substituents is 1. The third kappa shape index (κ3) is 6.00. The number of ether oxygens (including phenoxy) is 1. The number of hydrogen-bond donors (Lipinski definition) is 2. The Balaban J connectivity index is 2.36. The van der Waals surface area contributed by atoms with E-state index in [0.717, 1.165) is 4.91 Å². The lowest BCUT2D eigenvalue weighted by molar-refractivity contribution is -0.113. The molecule has 7 nitrogen and oxygen atoms in total. The molecular weight excluding hydrogens is 416 g/mol. The highest BCUT2D eigenvalue weighted by atomic mass is 35.5. The Morgan fingerprint density at radius 1 is 1.31 bits per heavy atom. The normalized spacial score (nSPS) is 11.9. The van der Waals surface area contributed by atoms with E-state index >= 15 is 0 Å². The van der Waals surface area contributed by atoms with Gasteiger partial charge in [-0.05, 0) is 53.8 Å². The molecule has 0 aliphatic rings. The first-order chi connectivity index (χ1) is 13.7. The van der Waals surface area contributed by atoms with E-state index in [1.54, 1.807) is 37.4 Å². The number of carboxylic acids is 1. The molecule has 9 heteroatoms. The maximum atomic E-state index is 11.3. The maximum absolute atomic E-state index is 11.3. The molecule has 2 rings (SSSR count). The van der Waals surface area contributed by atoms with Gasteiger partial charge in [-0.25, -0.2) is 9.79 Å². The number of aliphatic imine (C=N–C) groups is 1. The molecule has 0 aliphatic carbocycles. The van der Waals surface area contributed by atoms with Gasteiger partial charge in [0, 0.05) is 7.05 Å². The van der Waals surface area contributed by atoms with Gasteiger partial charge < -0.3 is 14.9 Å². The summed E-state index contributed by atoms with van der Waals surface area (Å²) in [7, 11) is 2.98. The quantitative estimate of drug-likeness (QED) is 0.391. The fourth-order valence-corrected chi connectivity index (χ4v) is 3.32. The number of carbonyl (C=O) groups excluding carboxylic acids is 1. The molecule has 0 bridgehead atoms. The first-order valence-electron chi connectivity index (χ1n) is 8.28. The van der Waals surface area contributed by atoms with E-state index in [-0.39, 0.29) is 22.1 Å². The number of benzene rings is 2. The first kappa shape index (κ1) is 22.3. The lowest BCUT2D eigenvalue weighted by atomic mass is 10.2. The Hall–Kier alpha value is -2.97. The Kier molecular flexibility index (Phi) is 7.69. The van der Waals surface area contributed by atoms with Crippen molar-refractivity contribution in [1.82, 2.24) is 4.90 Å². The van der Waals surface area contributed by atoms with Crippen molar-refractivity contribution in [1.29, 1.82) is 0 Å². The molecule has 0 atom stereocenters. The molecule has 0 saturated carbocycles. The zero-order valence-corrected chi connectivity index (χ0v) is 17.5. The first-order valence-corrected chi connectivity index (χ1v) is 9.47. The summed E-state index contributed by atoms with van der Waals surface area (Å²) >= 11 is 7.23. The Bertz CT molecular complexity index is 991. The van der Waals surface area contributed by atoms with Gasteiger partial charge in [-0.3, -0.25) is 9.69 Å². The molecule has 2 aromatic carbocycles. The van der Waals surface area contributed by atoms with E-state index in [0.29, 0.717) is 22.8 Å². The van der Waals surface area contributed by atoms with E-state index in [1.165, 1.54) is 35.9 Å². The molecular formula is C20H19ClN2O5S. The molecule has 29 heavy (non-hydrogen) atoms. The lowest BCUT2D eigenvalue weighted by Crippen LogP contribution is -2.22. The van der Waals surface area contributed by atoms with Crippen LogP contribution in [0.5, 0.6) is 11.5 Å². The zero-order chi connectivity index (χ0) is 21.6. The third-order valence-electron chi connectivity index (χ3n) is 3.67. The summed E-state index contributed by atoms with van der Waals surface area (Å²) in [5.41, 5.74) is 1.20. The summed E-state index contributed by atoms with van der Waals surface area (Å²) in [6, 6.07) is 9.33. The second-order valence-corrected chi connectivity index (χ2v) is 7.50. The van der Waals surface area contributed by atoms with Gasteiger partial charge in [-0.2, -0.15) is 0 Å². The number of rotatable bonds is 6. The summed E-state index contributed by atoms with van der Waals surface area (Å²) in [4.78, 5) is 28.9. The lowest BCUT2D eigenvalue weighted by Gasteiger charge is -2.14. The number of amides is 1. The van der Waals surface area contributed by atoms with Crippen molar-refractivity contribution < 1.29 is 24.5 Å². The Morgan fingerprint density at radius 2 is 2.03 bits per heavy atom. The molecule has 0 aromatic heterocycles. The van der Waals surface area contributed by atoms with Crippen LogP contribution in [0, 0.1) is 0 Å². The van der Waals surface area contributed by atoms with E-state index < -0.39 is 5.97 Å². The molecule has 2 aromatic rings. The van der Waals surface area contributed by atoms with Crippen LogP contribution in [-0.2, 0) is 4.79 Å². The number of amidine groups is 1. The van der Waals surface area contributed by atoms with Gasteiger partial charge in [-0.15, -0.1) is 0 Å². The number of methoxy groups -OCH3 is 1. The van der Waals surface area contributed by atoms with Gasteiger partial charge in [0.1, 0.15) is 0 Å². The minimum absolute atomic E-state index is 0.0995. The average Bonchev–Trinajstić information content (AvgIpc) is 2.69. The number of hydrogen-bond acceptors (Lipinski definition) is 6. The topological polar surface area (TPSA) is 99.4 Å². The van der Waals surface area contributed by atoms with E-state index in [2.05, 4.69) is 4.99 Å². The van der Waals surface area contributed by atoms with Crippen molar-refractivity contribution in [3.8, 4) is 11.5 Å². The van der Waals surface area contributed by atoms with Crippen molar-refractivity contribution in [2.75, 3.05) is 14.2 Å². The minimum Gasteiger partial charge on any atom is -0.503 e. The monoisotopic (exact) mass is 434 g/mol. The van der Waals surface area contributed by atoms with Crippen LogP contribution in [0.15, 0.2) is 46.3 Å². The number of nitrogens with zero attached hydrogens (tertiary/aromatic N) is 2. The van der Waals surface area contributed by atoms with Gasteiger partial charge in [0.05, 0.1) is 23.4 Å². The van der Waals surface area contributed by atoms with Crippen LogP contribution in [0.1, 0.15) is 22.8 Å². The van der Waals surface area contributed by atoms with Crippen LogP contribution >= 0.6 is 23.4 Å². The predicted molar refractivity (Wildman–Crippen MR) is 115 cm³/mol. The van der Waals surface area contributed by atoms with Gasteiger partial charge in [-0.1, -0.05) is 29.4 Å². The average molecular weight is 435 g/mol. The molecule has 0 aliphatic heterocycles. The highest BCUT2D eigenvalue weighted by Gasteiger charge is 2.12. The summed E-state index contributed by atoms with van der Waals surface area (Å²) in [5.74, 6) is -0.960. The zero-order valence-electron chi connectivity index (χ0n) is 15.9. The molecule has 0 spiro atoms. The van der Waals surface area contributed by atoms with Gasteiger partial charge in [0.25, 0.3) is 0 Å². The summed E-state index contributed by atoms with van der Waals surface area (Å²) < 4.78 is 5.10. The second kappa shape index (κ2) is 9.99. The van der Waals surface area contributed by atoms with Crippen molar-refractivity contribution in [3.63, 3.8) is 0 Å². The summed E-state index contributed by atoms with van der Waals surface area (Å²) in [5, 5.41) is 19.5. The van der Waals surface area contributed by atoms with Gasteiger partial charge in [0.15, 0.2) is 16.7 Å². The molecule has 0 saturated heterocycles. The van der Waals surface area contributed by atoms with Crippen LogP contribution in [0.4, 0.5) is 5.69 Å². The number of thioether (sulfide) groups is 1. The smallest absolute Gasteiger partial charge is 0.335 e. The minimum atomic E-state index is -1.06. The molecule has 0 unspecified atom stereocenters. The van der Waals surface area contributed by atoms with Crippen LogP contribution in [0.3, 0.4) is 0 Å². The number of allylic oxidation sites excluding steroid dienone is 1. The molecule has 0 heterocycles. The van der Waals surface area contributed by atoms with Gasteiger partial charge >= 0.3 is 5.97 Å². The number of halogens is 1. The van der Waals surface area contributed by atoms with Crippen molar-refractivity contribution in [3.05, 3.63) is 57.5 Å². The fraction of sp³-hybridized carbons (Fsp3) is 0.150. The third-order valence-corrected chi connectivity index (χ3v) is 4.96. The SMILES string of the molecule is COc1cc(/C=C(/C)SC(=Nc2cccc(C(=O)O)c2)N(C)C=O)cc(Cl)c1O. The van der Waals surface area contributed by atoms with Crippen molar-refractivity contribution >= 4 is 52.7 Å². The van der Waals surface area contributed by atoms with Gasteiger partial charge in [0.2, 0.25) is 6.41 Å². The number of carboxylic acid groups (broad SMARTS) is 1. The van der Waals surface area contributed by atoms with Crippen LogP contribution in [0.25, 0.3) is 6.08 Å². The molecule has 0 radical (unpaired) electrons. The van der Waals surface area contributed by atoms with Crippen molar-refractivity contribution in [2.24, 2.45) is 4.99 Å². The highest BCUT2D eigenvalue weighted by Crippen LogP contribution is 2.36. The largest absolute Gasteiger partial charge is 0.503 e. The van der Waals surface area contributed by atoms with Crippen LogP contribution in [-0.4, -0.2) is 46.8 Å². The van der Waals surface area contributed by atoms with Crippen molar-refractivity contribution in [2.45, 2.75) is 6.92 Å². The number of aromatic carboxylic acids is 1. The summed E-state index contributed by atoms with van der Waals surface area (Å²) in [6.07, 6.45) is 2.40. The Morgan fingerprint density at radius 3 is 2.66 bits per heavy atom. The Labute approximate surface area is 177 Å². The maximum Gasteiger partial charge on any atom is 0.335 e.